The second-order valence-corrected chi connectivity index (χ2v) is 2.93. The van der Waals surface area contributed by atoms with Gasteiger partial charge in [-0.05, 0) is 31.2 Å². The minimum atomic E-state index is -0.0896. The van der Waals surface area contributed by atoms with Crippen LogP contribution >= 0.6 is 0 Å². The molecule has 1 aromatic carbocycles. The van der Waals surface area contributed by atoms with Crippen molar-refractivity contribution in [3.8, 4) is 11.5 Å². The van der Waals surface area contributed by atoms with E-state index in [4.69, 9.17) is 9.47 Å². The lowest BCUT2D eigenvalue weighted by atomic mass is 10.1. The fraction of sp³-hybridized carbons (Fsp3) is 0.250. The smallest absolute Gasteiger partial charge is 0.189 e. The normalized spacial score (nSPS) is 10.3. The van der Waals surface area contributed by atoms with Gasteiger partial charge in [-0.15, -0.1) is 0 Å². The number of methoxy groups -OCH3 is 2. The summed E-state index contributed by atoms with van der Waals surface area (Å²) in [6, 6.07) is 5.14. The molecule has 0 spiro atoms. The molecule has 1 rings (SSSR count). The highest BCUT2D eigenvalue weighted by Crippen LogP contribution is 2.24. The third kappa shape index (κ3) is 2.59. The molecule has 0 aromatic heterocycles. The average molecular weight is 206 g/mol. The van der Waals surface area contributed by atoms with Crippen molar-refractivity contribution in [1.29, 1.82) is 0 Å². The molecule has 0 N–H and O–H groups in total. The number of hydrogen-bond donors (Lipinski definition) is 0. The topological polar surface area (TPSA) is 35.5 Å². The number of carbonyl (C=O) groups excluding carboxylic acids is 1. The molecule has 3 heteroatoms. The first-order chi connectivity index (χ1) is 7.22. The van der Waals surface area contributed by atoms with Crippen LogP contribution in [0.5, 0.6) is 11.5 Å². The van der Waals surface area contributed by atoms with Crippen molar-refractivity contribution in [3.63, 3.8) is 0 Å². The van der Waals surface area contributed by atoms with Crippen LogP contribution in [-0.4, -0.2) is 20.0 Å². The zero-order valence-corrected chi connectivity index (χ0v) is 9.11. The molecule has 0 fully saturated rings. The summed E-state index contributed by atoms with van der Waals surface area (Å²) in [7, 11) is 3.10. The van der Waals surface area contributed by atoms with Crippen LogP contribution in [0.15, 0.2) is 30.4 Å². The fourth-order valence-electron chi connectivity index (χ4n) is 1.25. The minimum Gasteiger partial charge on any atom is -0.497 e. The van der Waals surface area contributed by atoms with Crippen LogP contribution in [0.2, 0.25) is 0 Å². The molecule has 0 aliphatic carbocycles. The number of allylic oxidation sites excluding steroid dienone is 2. The van der Waals surface area contributed by atoms with Crippen LogP contribution in [0, 0.1) is 0 Å². The van der Waals surface area contributed by atoms with E-state index in [0.29, 0.717) is 17.1 Å². The number of rotatable bonds is 4. The summed E-state index contributed by atoms with van der Waals surface area (Å²) in [6.07, 6.45) is 3.19. The fourth-order valence-corrected chi connectivity index (χ4v) is 1.25. The summed E-state index contributed by atoms with van der Waals surface area (Å²) in [5, 5.41) is 0. The third-order valence-electron chi connectivity index (χ3n) is 1.99. The predicted molar refractivity (Wildman–Crippen MR) is 58.7 cm³/mol. The van der Waals surface area contributed by atoms with Crippen molar-refractivity contribution >= 4 is 5.78 Å². The van der Waals surface area contributed by atoms with Gasteiger partial charge in [0, 0.05) is 0 Å². The Labute approximate surface area is 89.3 Å². The van der Waals surface area contributed by atoms with Crippen molar-refractivity contribution in [1.82, 2.24) is 0 Å². The van der Waals surface area contributed by atoms with E-state index < -0.39 is 0 Å². The van der Waals surface area contributed by atoms with E-state index in [0.717, 1.165) is 0 Å². The van der Waals surface area contributed by atoms with Gasteiger partial charge in [-0.2, -0.15) is 0 Å². The molecule has 0 bridgehead atoms. The number of ether oxygens (including phenoxy) is 2. The van der Waals surface area contributed by atoms with Gasteiger partial charge in [0.15, 0.2) is 5.78 Å². The molecule has 0 radical (unpaired) electrons. The maximum atomic E-state index is 11.7. The van der Waals surface area contributed by atoms with Crippen molar-refractivity contribution in [2.45, 2.75) is 6.92 Å². The standard InChI is InChI=1S/C12H14O3/c1-4-5-11(13)10-8-9(14-2)6-7-12(10)15-3/h4-8H,1-3H3. The van der Waals surface area contributed by atoms with Crippen molar-refractivity contribution in [2.75, 3.05) is 14.2 Å². The molecule has 0 heterocycles. The Morgan fingerprint density at radius 3 is 2.53 bits per heavy atom. The lowest BCUT2D eigenvalue weighted by Gasteiger charge is -2.07. The lowest BCUT2D eigenvalue weighted by Crippen LogP contribution is -1.99. The monoisotopic (exact) mass is 206 g/mol. The molecule has 0 aliphatic rings. The van der Waals surface area contributed by atoms with Crippen molar-refractivity contribution in [2.24, 2.45) is 0 Å². The maximum absolute atomic E-state index is 11.7. The Morgan fingerprint density at radius 2 is 2.00 bits per heavy atom. The van der Waals surface area contributed by atoms with E-state index >= 15 is 0 Å². The number of hydrogen-bond acceptors (Lipinski definition) is 3. The van der Waals surface area contributed by atoms with Gasteiger partial charge < -0.3 is 9.47 Å². The highest BCUT2D eigenvalue weighted by Gasteiger charge is 2.10. The zero-order valence-electron chi connectivity index (χ0n) is 9.11. The van der Waals surface area contributed by atoms with E-state index in [9.17, 15) is 4.79 Å². The van der Waals surface area contributed by atoms with Gasteiger partial charge in [0.1, 0.15) is 11.5 Å². The first-order valence-corrected chi connectivity index (χ1v) is 4.62. The van der Waals surface area contributed by atoms with Crippen LogP contribution in [0.4, 0.5) is 0 Å². The SMILES string of the molecule is CC=CC(=O)c1cc(OC)ccc1OC. The summed E-state index contributed by atoms with van der Waals surface area (Å²) in [4.78, 5) is 11.7. The predicted octanol–water partition coefficient (Wildman–Crippen LogP) is 2.46. The van der Waals surface area contributed by atoms with E-state index in [1.54, 1.807) is 38.3 Å². The van der Waals surface area contributed by atoms with E-state index in [2.05, 4.69) is 0 Å². The van der Waals surface area contributed by atoms with Gasteiger partial charge in [0.25, 0.3) is 0 Å². The number of benzene rings is 1. The van der Waals surface area contributed by atoms with Gasteiger partial charge in [0.2, 0.25) is 0 Å². The molecule has 15 heavy (non-hydrogen) atoms. The zero-order chi connectivity index (χ0) is 11.3. The average Bonchev–Trinajstić information content (AvgIpc) is 2.28. The molecule has 0 amide bonds. The van der Waals surface area contributed by atoms with Gasteiger partial charge in [-0.25, -0.2) is 0 Å². The summed E-state index contributed by atoms with van der Waals surface area (Å²) in [6.45, 7) is 1.80. The molecule has 0 aliphatic heterocycles. The van der Waals surface area contributed by atoms with E-state index in [-0.39, 0.29) is 5.78 Å². The van der Waals surface area contributed by atoms with Gasteiger partial charge in [-0.1, -0.05) is 6.08 Å². The Bertz CT molecular complexity index is 380. The van der Waals surface area contributed by atoms with Crippen LogP contribution < -0.4 is 9.47 Å². The molecule has 0 saturated heterocycles. The summed E-state index contributed by atoms with van der Waals surface area (Å²) in [5.74, 6) is 1.11. The molecule has 1 aromatic rings. The number of carbonyl (C=O) groups is 1. The van der Waals surface area contributed by atoms with E-state index in [1.165, 1.54) is 13.2 Å². The van der Waals surface area contributed by atoms with Gasteiger partial charge >= 0.3 is 0 Å². The second kappa shape index (κ2) is 5.20. The quantitative estimate of drug-likeness (QED) is 0.560. The summed E-state index contributed by atoms with van der Waals surface area (Å²) in [5.41, 5.74) is 0.509. The largest absolute Gasteiger partial charge is 0.497 e. The molecule has 0 atom stereocenters. The molecular formula is C12H14O3. The Balaban J connectivity index is 3.17. The van der Waals surface area contributed by atoms with Gasteiger partial charge in [-0.3, -0.25) is 4.79 Å². The summed E-state index contributed by atoms with van der Waals surface area (Å²) >= 11 is 0. The van der Waals surface area contributed by atoms with Gasteiger partial charge in [0.05, 0.1) is 19.8 Å². The van der Waals surface area contributed by atoms with Crippen molar-refractivity contribution < 1.29 is 14.3 Å². The molecule has 0 unspecified atom stereocenters. The van der Waals surface area contributed by atoms with Crippen LogP contribution in [-0.2, 0) is 0 Å². The number of ketones is 1. The Hall–Kier alpha value is -1.77. The summed E-state index contributed by atoms with van der Waals surface area (Å²) < 4.78 is 10.2. The Morgan fingerprint density at radius 1 is 1.27 bits per heavy atom. The van der Waals surface area contributed by atoms with Crippen LogP contribution in [0.3, 0.4) is 0 Å². The molecular weight excluding hydrogens is 192 g/mol. The first kappa shape index (κ1) is 11.3. The maximum Gasteiger partial charge on any atom is 0.189 e. The van der Waals surface area contributed by atoms with Crippen LogP contribution in [0.25, 0.3) is 0 Å². The second-order valence-electron chi connectivity index (χ2n) is 2.93. The molecule has 0 saturated carbocycles. The highest BCUT2D eigenvalue weighted by atomic mass is 16.5. The Kier molecular flexibility index (Phi) is 3.92. The minimum absolute atomic E-state index is 0.0896. The molecule has 80 valence electrons. The van der Waals surface area contributed by atoms with Crippen molar-refractivity contribution in [3.05, 3.63) is 35.9 Å². The first-order valence-electron chi connectivity index (χ1n) is 4.62. The third-order valence-corrected chi connectivity index (χ3v) is 1.99. The van der Waals surface area contributed by atoms with E-state index in [1.807, 2.05) is 0 Å². The molecule has 3 nitrogen and oxygen atoms in total. The van der Waals surface area contributed by atoms with Crippen LogP contribution in [0.1, 0.15) is 17.3 Å². The highest BCUT2D eigenvalue weighted by molar-refractivity contribution is 6.06. The lowest BCUT2D eigenvalue weighted by molar-refractivity contribution is 0.104.